The number of rotatable bonds is 5. The van der Waals surface area contributed by atoms with E-state index in [-0.39, 0.29) is 5.91 Å². The molecule has 0 spiro atoms. The molecule has 0 saturated carbocycles. The summed E-state index contributed by atoms with van der Waals surface area (Å²) in [5, 5.41) is 2.83. The van der Waals surface area contributed by atoms with E-state index in [4.69, 9.17) is 10.5 Å². The van der Waals surface area contributed by atoms with Gasteiger partial charge < -0.3 is 15.8 Å². The highest BCUT2D eigenvalue weighted by Crippen LogP contribution is 2.13. The number of amides is 1. The molecular weight excluding hydrogens is 252 g/mol. The Hall–Kier alpha value is -2.33. The Labute approximate surface area is 118 Å². The van der Waals surface area contributed by atoms with Gasteiger partial charge in [-0.25, -0.2) is 0 Å². The lowest BCUT2D eigenvalue weighted by Crippen LogP contribution is -2.33. The second-order valence-electron chi connectivity index (χ2n) is 4.46. The molecule has 0 fully saturated rings. The zero-order valence-electron chi connectivity index (χ0n) is 11.4. The van der Waals surface area contributed by atoms with Crippen molar-refractivity contribution in [3.05, 3.63) is 65.7 Å². The first kappa shape index (κ1) is 14.1. The number of ether oxygens (including phenoxy) is 1. The predicted molar refractivity (Wildman–Crippen MR) is 78.2 cm³/mol. The third-order valence-electron chi connectivity index (χ3n) is 3.04. The molecule has 0 aromatic heterocycles. The van der Waals surface area contributed by atoms with Gasteiger partial charge >= 0.3 is 0 Å². The van der Waals surface area contributed by atoms with E-state index in [0.717, 1.165) is 16.9 Å². The average Bonchev–Trinajstić information content (AvgIpc) is 2.53. The number of carbonyl (C=O) groups is 1. The summed E-state index contributed by atoms with van der Waals surface area (Å²) in [6.07, 6.45) is 0. The second kappa shape index (κ2) is 6.73. The molecule has 0 saturated heterocycles. The maximum atomic E-state index is 12.0. The highest BCUT2D eigenvalue weighted by Gasteiger charge is 2.14. The monoisotopic (exact) mass is 270 g/mol. The van der Waals surface area contributed by atoms with Crippen LogP contribution in [0.4, 0.5) is 0 Å². The zero-order valence-corrected chi connectivity index (χ0v) is 11.4. The summed E-state index contributed by atoms with van der Waals surface area (Å²) in [5.74, 6) is 0.572. The van der Waals surface area contributed by atoms with Crippen LogP contribution in [0.15, 0.2) is 54.6 Å². The van der Waals surface area contributed by atoms with E-state index in [1.54, 1.807) is 7.11 Å². The fraction of sp³-hybridized carbons (Fsp3) is 0.188. The van der Waals surface area contributed by atoms with Crippen LogP contribution in [0.3, 0.4) is 0 Å². The summed E-state index contributed by atoms with van der Waals surface area (Å²) in [6.45, 7) is 0.427. The summed E-state index contributed by atoms with van der Waals surface area (Å²) in [6, 6.07) is 16.2. The van der Waals surface area contributed by atoms with Crippen LogP contribution in [0.5, 0.6) is 5.75 Å². The summed E-state index contributed by atoms with van der Waals surface area (Å²) < 4.78 is 5.14. The van der Waals surface area contributed by atoms with E-state index in [2.05, 4.69) is 5.32 Å². The van der Waals surface area contributed by atoms with Crippen LogP contribution in [0, 0.1) is 0 Å². The Morgan fingerprint density at radius 2 is 1.95 bits per heavy atom. The quantitative estimate of drug-likeness (QED) is 0.873. The molecule has 104 valence electrons. The van der Waals surface area contributed by atoms with E-state index >= 15 is 0 Å². The number of nitrogens with two attached hydrogens (primary N) is 1. The molecule has 0 radical (unpaired) electrons. The lowest BCUT2D eigenvalue weighted by atomic mass is 10.1. The van der Waals surface area contributed by atoms with Crippen molar-refractivity contribution < 1.29 is 9.53 Å². The average molecular weight is 270 g/mol. The van der Waals surface area contributed by atoms with E-state index < -0.39 is 6.04 Å². The van der Waals surface area contributed by atoms with Crippen LogP contribution in [-0.2, 0) is 11.3 Å². The van der Waals surface area contributed by atoms with Crippen molar-refractivity contribution in [1.82, 2.24) is 5.32 Å². The fourth-order valence-electron chi connectivity index (χ4n) is 1.89. The van der Waals surface area contributed by atoms with Gasteiger partial charge in [0.2, 0.25) is 5.91 Å². The number of hydrogen-bond donors (Lipinski definition) is 2. The Morgan fingerprint density at radius 1 is 1.20 bits per heavy atom. The van der Waals surface area contributed by atoms with Gasteiger partial charge in [-0.05, 0) is 23.3 Å². The van der Waals surface area contributed by atoms with Crippen LogP contribution in [0.1, 0.15) is 17.2 Å². The zero-order chi connectivity index (χ0) is 14.4. The molecule has 3 N–H and O–H groups in total. The van der Waals surface area contributed by atoms with Gasteiger partial charge in [0.25, 0.3) is 0 Å². The van der Waals surface area contributed by atoms with Gasteiger partial charge in [0.05, 0.1) is 7.11 Å². The number of methoxy groups -OCH3 is 1. The minimum Gasteiger partial charge on any atom is -0.497 e. The maximum Gasteiger partial charge on any atom is 0.241 e. The standard InChI is InChI=1S/C16H18N2O2/c1-20-14-9-5-6-12(10-14)11-18-16(19)15(17)13-7-3-2-4-8-13/h2-10,15H,11,17H2,1H3,(H,18,19)/t15-/m1/s1. The summed E-state index contributed by atoms with van der Waals surface area (Å²) in [5.41, 5.74) is 7.69. The molecule has 0 aliphatic heterocycles. The van der Waals surface area contributed by atoms with Gasteiger partial charge in [-0.1, -0.05) is 42.5 Å². The SMILES string of the molecule is COc1cccc(CNC(=O)[C@H](N)c2ccccc2)c1. The molecule has 2 aromatic rings. The molecule has 0 aliphatic rings. The number of nitrogens with one attached hydrogen (secondary N) is 1. The lowest BCUT2D eigenvalue weighted by Gasteiger charge is -2.13. The lowest BCUT2D eigenvalue weighted by molar-refractivity contribution is -0.122. The third-order valence-corrected chi connectivity index (χ3v) is 3.04. The van der Waals surface area contributed by atoms with E-state index in [0.29, 0.717) is 6.54 Å². The topological polar surface area (TPSA) is 64.3 Å². The summed E-state index contributed by atoms with van der Waals surface area (Å²) in [4.78, 5) is 12.0. The molecule has 4 nitrogen and oxygen atoms in total. The molecule has 4 heteroatoms. The molecule has 0 unspecified atom stereocenters. The molecule has 1 amide bonds. The van der Waals surface area contributed by atoms with E-state index in [1.165, 1.54) is 0 Å². The molecule has 2 rings (SSSR count). The minimum atomic E-state index is -0.651. The molecule has 0 aliphatic carbocycles. The molecule has 0 bridgehead atoms. The van der Waals surface area contributed by atoms with Crippen molar-refractivity contribution in [3.8, 4) is 5.75 Å². The van der Waals surface area contributed by atoms with Gasteiger partial charge in [0.1, 0.15) is 11.8 Å². The van der Waals surface area contributed by atoms with Crippen molar-refractivity contribution in [2.45, 2.75) is 12.6 Å². The minimum absolute atomic E-state index is 0.195. The molecule has 2 aromatic carbocycles. The van der Waals surface area contributed by atoms with Crippen molar-refractivity contribution in [2.24, 2.45) is 5.73 Å². The van der Waals surface area contributed by atoms with Crippen LogP contribution >= 0.6 is 0 Å². The third kappa shape index (κ3) is 3.59. The van der Waals surface area contributed by atoms with Crippen molar-refractivity contribution in [1.29, 1.82) is 0 Å². The van der Waals surface area contributed by atoms with E-state index in [9.17, 15) is 4.79 Å². The summed E-state index contributed by atoms with van der Waals surface area (Å²) in [7, 11) is 1.61. The second-order valence-corrected chi connectivity index (χ2v) is 4.46. The Bertz CT molecular complexity index is 570. The van der Waals surface area contributed by atoms with Crippen LogP contribution in [0.2, 0.25) is 0 Å². The first-order valence-electron chi connectivity index (χ1n) is 6.42. The van der Waals surface area contributed by atoms with Gasteiger partial charge in [-0.2, -0.15) is 0 Å². The smallest absolute Gasteiger partial charge is 0.241 e. The highest BCUT2D eigenvalue weighted by atomic mass is 16.5. The van der Waals surface area contributed by atoms with Crippen LogP contribution in [-0.4, -0.2) is 13.0 Å². The Kier molecular flexibility index (Phi) is 4.74. The van der Waals surface area contributed by atoms with Crippen molar-refractivity contribution >= 4 is 5.91 Å². The predicted octanol–water partition coefficient (Wildman–Crippen LogP) is 2.01. The number of benzene rings is 2. The molecular formula is C16H18N2O2. The van der Waals surface area contributed by atoms with Gasteiger partial charge in [-0.15, -0.1) is 0 Å². The fourth-order valence-corrected chi connectivity index (χ4v) is 1.89. The molecule has 0 heterocycles. The first-order valence-corrected chi connectivity index (χ1v) is 6.42. The van der Waals surface area contributed by atoms with Gasteiger partial charge in [0.15, 0.2) is 0 Å². The first-order chi connectivity index (χ1) is 9.70. The molecule has 1 atom stereocenters. The normalized spacial score (nSPS) is 11.7. The largest absolute Gasteiger partial charge is 0.497 e. The Morgan fingerprint density at radius 3 is 2.65 bits per heavy atom. The maximum absolute atomic E-state index is 12.0. The van der Waals surface area contributed by atoms with Crippen molar-refractivity contribution in [2.75, 3.05) is 7.11 Å². The van der Waals surface area contributed by atoms with E-state index in [1.807, 2.05) is 54.6 Å². The number of hydrogen-bond acceptors (Lipinski definition) is 3. The highest BCUT2D eigenvalue weighted by molar-refractivity contribution is 5.82. The van der Waals surface area contributed by atoms with Crippen molar-refractivity contribution in [3.63, 3.8) is 0 Å². The van der Waals surface area contributed by atoms with Crippen LogP contribution in [0.25, 0.3) is 0 Å². The number of carbonyl (C=O) groups excluding carboxylic acids is 1. The summed E-state index contributed by atoms with van der Waals surface area (Å²) >= 11 is 0. The van der Waals surface area contributed by atoms with Gasteiger partial charge in [0, 0.05) is 6.54 Å². The van der Waals surface area contributed by atoms with Gasteiger partial charge in [-0.3, -0.25) is 4.79 Å². The Balaban J connectivity index is 1.95. The molecule has 20 heavy (non-hydrogen) atoms. The van der Waals surface area contributed by atoms with Crippen LogP contribution < -0.4 is 15.8 Å².